The molecule has 0 aliphatic carbocycles. The molecule has 1 heterocycles. The molecule has 1 unspecified atom stereocenters. The number of ether oxygens (including phenoxy) is 1. The van der Waals surface area contributed by atoms with Gasteiger partial charge in [0.2, 0.25) is 0 Å². The number of benzene rings is 1. The molecule has 0 aliphatic heterocycles. The first-order valence-corrected chi connectivity index (χ1v) is 7.04. The van der Waals surface area contributed by atoms with Crippen LogP contribution in [0.2, 0.25) is 0 Å². The van der Waals surface area contributed by atoms with E-state index in [1.165, 1.54) is 10.9 Å². The molecule has 1 amide bonds. The van der Waals surface area contributed by atoms with Crippen molar-refractivity contribution in [2.75, 3.05) is 5.32 Å². The van der Waals surface area contributed by atoms with Crippen molar-refractivity contribution in [3.05, 3.63) is 41.6 Å². The van der Waals surface area contributed by atoms with Gasteiger partial charge in [-0.25, -0.2) is 0 Å². The topological polar surface area (TPSA) is 97.0 Å². The van der Waals surface area contributed by atoms with Crippen LogP contribution in [0.25, 0.3) is 0 Å². The summed E-state index contributed by atoms with van der Waals surface area (Å²) in [5.41, 5.74) is 0.814. The van der Waals surface area contributed by atoms with Crippen molar-refractivity contribution in [2.24, 2.45) is 7.05 Å². The zero-order valence-electron chi connectivity index (χ0n) is 12.8. The summed E-state index contributed by atoms with van der Waals surface area (Å²) in [6.45, 7) is 1.82. The Morgan fingerprint density at radius 3 is 2.74 bits per heavy atom. The second-order valence-corrected chi connectivity index (χ2v) is 4.83. The maximum Gasteiger partial charge on any atom is 0.266 e. The summed E-state index contributed by atoms with van der Waals surface area (Å²) in [6.07, 6.45) is 1.84. The van der Waals surface area contributed by atoms with E-state index in [1.54, 1.807) is 31.3 Å². The van der Waals surface area contributed by atoms with Crippen LogP contribution in [0.4, 0.5) is 5.82 Å². The fraction of sp³-hybridized carbons (Fsp3) is 0.250. The van der Waals surface area contributed by atoms with E-state index in [0.717, 1.165) is 6.29 Å². The predicted octanol–water partition coefficient (Wildman–Crippen LogP) is 1.90. The summed E-state index contributed by atoms with van der Waals surface area (Å²) in [6, 6.07) is 8.45. The molecule has 0 saturated carbocycles. The Bertz CT molecular complexity index is 744. The van der Waals surface area contributed by atoms with Gasteiger partial charge in [0.15, 0.2) is 6.10 Å². The minimum absolute atomic E-state index is 0.283. The molecule has 1 N–H and O–H groups in total. The van der Waals surface area contributed by atoms with Gasteiger partial charge in [0, 0.05) is 12.6 Å². The molecule has 0 aliphatic rings. The molecule has 7 nitrogen and oxygen atoms in total. The Hall–Kier alpha value is -3.14. The van der Waals surface area contributed by atoms with Crippen LogP contribution in [0.1, 0.15) is 29.3 Å². The number of carbonyl (C=O) groups excluding carboxylic acids is 2. The number of carbonyl (C=O) groups is 2. The van der Waals surface area contributed by atoms with Crippen molar-refractivity contribution in [2.45, 2.75) is 19.4 Å². The zero-order valence-corrected chi connectivity index (χ0v) is 12.8. The van der Waals surface area contributed by atoms with Crippen LogP contribution in [0.15, 0.2) is 30.5 Å². The summed E-state index contributed by atoms with van der Waals surface area (Å²) in [7, 11) is 1.64. The highest BCUT2D eigenvalue weighted by Crippen LogP contribution is 2.17. The molecule has 0 fully saturated rings. The minimum atomic E-state index is -0.724. The van der Waals surface area contributed by atoms with Crippen molar-refractivity contribution in [1.82, 2.24) is 9.78 Å². The third-order valence-corrected chi connectivity index (χ3v) is 3.26. The fourth-order valence-electron chi connectivity index (χ4n) is 1.98. The number of anilines is 1. The molecule has 1 atom stereocenters. The van der Waals surface area contributed by atoms with E-state index in [1.807, 2.05) is 13.0 Å². The number of aromatic nitrogens is 2. The van der Waals surface area contributed by atoms with E-state index in [0.29, 0.717) is 23.6 Å². The molecule has 118 valence electrons. The molecular formula is C16H16N4O3. The maximum absolute atomic E-state index is 12.3. The number of rotatable bonds is 6. The summed E-state index contributed by atoms with van der Waals surface area (Å²) in [5.74, 6) is 0.450. The van der Waals surface area contributed by atoms with Crippen LogP contribution in [-0.2, 0) is 11.8 Å². The standard InChI is InChI=1S/C16H16N4O3/c1-3-14(23-13-6-4-11(10-21)5-7-13)16(22)19-15-12(8-17)9-18-20(15)2/h4-7,9-10,14H,3H2,1-2H3,(H,19,22). The highest BCUT2D eigenvalue weighted by Gasteiger charge is 2.21. The van der Waals surface area contributed by atoms with Gasteiger partial charge in [-0.1, -0.05) is 6.92 Å². The average Bonchev–Trinajstić information content (AvgIpc) is 2.93. The van der Waals surface area contributed by atoms with Gasteiger partial charge in [-0.2, -0.15) is 10.4 Å². The van der Waals surface area contributed by atoms with Crippen LogP contribution in [0.3, 0.4) is 0 Å². The number of aldehydes is 1. The molecule has 2 rings (SSSR count). The molecule has 1 aromatic carbocycles. The zero-order chi connectivity index (χ0) is 16.8. The van der Waals surface area contributed by atoms with Crippen LogP contribution in [0.5, 0.6) is 5.75 Å². The van der Waals surface area contributed by atoms with Gasteiger partial charge in [-0.15, -0.1) is 0 Å². The van der Waals surface area contributed by atoms with Crippen LogP contribution >= 0.6 is 0 Å². The lowest BCUT2D eigenvalue weighted by atomic mass is 10.2. The first kappa shape index (κ1) is 16.2. The molecule has 0 saturated heterocycles. The second kappa shape index (κ2) is 7.22. The molecule has 23 heavy (non-hydrogen) atoms. The summed E-state index contributed by atoms with van der Waals surface area (Å²) in [4.78, 5) is 23.0. The average molecular weight is 312 g/mol. The van der Waals surface area contributed by atoms with Gasteiger partial charge >= 0.3 is 0 Å². The van der Waals surface area contributed by atoms with Gasteiger partial charge in [-0.05, 0) is 30.7 Å². The van der Waals surface area contributed by atoms with Crippen molar-refractivity contribution in [3.63, 3.8) is 0 Å². The van der Waals surface area contributed by atoms with Gasteiger partial charge < -0.3 is 10.1 Å². The molecular weight excluding hydrogens is 296 g/mol. The van der Waals surface area contributed by atoms with Crippen LogP contribution < -0.4 is 10.1 Å². The third-order valence-electron chi connectivity index (χ3n) is 3.26. The second-order valence-electron chi connectivity index (χ2n) is 4.83. The number of nitriles is 1. The van der Waals surface area contributed by atoms with Gasteiger partial charge in [0.25, 0.3) is 5.91 Å². The third kappa shape index (κ3) is 3.74. The van der Waals surface area contributed by atoms with E-state index in [-0.39, 0.29) is 11.5 Å². The van der Waals surface area contributed by atoms with E-state index in [2.05, 4.69) is 10.4 Å². The smallest absolute Gasteiger partial charge is 0.266 e. The molecule has 0 radical (unpaired) electrons. The number of nitrogens with one attached hydrogen (secondary N) is 1. The molecule has 1 aromatic heterocycles. The number of nitrogens with zero attached hydrogens (tertiary/aromatic N) is 3. The lowest BCUT2D eigenvalue weighted by Gasteiger charge is -2.17. The van der Waals surface area contributed by atoms with Crippen molar-refractivity contribution >= 4 is 18.0 Å². The highest BCUT2D eigenvalue weighted by atomic mass is 16.5. The van der Waals surface area contributed by atoms with E-state index in [9.17, 15) is 9.59 Å². The Morgan fingerprint density at radius 1 is 1.48 bits per heavy atom. The highest BCUT2D eigenvalue weighted by molar-refractivity contribution is 5.94. The number of hydrogen-bond donors (Lipinski definition) is 1. The predicted molar refractivity (Wildman–Crippen MR) is 83.1 cm³/mol. The molecule has 7 heteroatoms. The van der Waals surface area contributed by atoms with Gasteiger partial charge in [0.05, 0.1) is 6.20 Å². The number of amides is 1. The monoisotopic (exact) mass is 312 g/mol. The summed E-state index contributed by atoms with van der Waals surface area (Å²) in [5, 5.41) is 15.6. The number of hydrogen-bond acceptors (Lipinski definition) is 5. The van der Waals surface area contributed by atoms with Crippen LogP contribution in [0, 0.1) is 11.3 Å². The van der Waals surface area contributed by atoms with E-state index in [4.69, 9.17) is 10.00 Å². The van der Waals surface area contributed by atoms with Crippen molar-refractivity contribution in [3.8, 4) is 11.8 Å². The number of aryl methyl sites for hydroxylation is 1. The van der Waals surface area contributed by atoms with E-state index < -0.39 is 6.10 Å². The lowest BCUT2D eigenvalue weighted by molar-refractivity contribution is -0.122. The summed E-state index contributed by atoms with van der Waals surface area (Å²) < 4.78 is 7.07. The molecule has 2 aromatic rings. The Balaban J connectivity index is 2.10. The quantitative estimate of drug-likeness (QED) is 0.822. The maximum atomic E-state index is 12.3. The van der Waals surface area contributed by atoms with E-state index >= 15 is 0 Å². The normalized spacial score (nSPS) is 11.3. The van der Waals surface area contributed by atoms with Gasteiger partial charge in [0.1, 0.15) is 29.5 Å². The Kier molecular flexibility index (Phi) is 5.10. The molecule has 0 bridgehead atoms. The van der Waals surface area contributed by atoms with Crippen molar-refractivity contribution < 1.29 is 14.3 Å². The fourth-order valence-corrected chi connectivity index (χ4v) is 1.98. The minimum Gasteiger partial charge on any atom is -0.481 e. The first-order chi connectivity index (χ1) is 11.1. The van der Waals surface area contributed by atoms with Crippen molar-refractivity contribution in [1.29, 1.82) is 5.26 Å². The Labute approximate surface area is 133 Å². The molecule has 0 spiro atoms. The van der Waals surface area contributed by atoms with Crippen LogP contribution in [-0.4, -0.2) is 28.1 Å². The first-order valence-electron chi connectivity index (χ1n) is 7.04. The summed E-state index contributed by atoms with van der Waals surface area (Å²) >= 11 is 0. The SMILES string of the molecule is CCC(Oc1ccc(C=O)cc1)C(=O)Nc1c(C#N)cnn1C. The Morgan fingerprint density at radius 2 is 2.17 bits per heavy atom. The largest absolute Gasteiger partial charge is 0.481 e. The van der Waals surface area contributed by atoms with Gasteiger partial charge in [-0.3, -0.25) is 14.3 Å². The lowest BCUT2D eigenvalue weighted by Crippen LogP contribution is -2.33.